The summed E-state index contributed by atoms with van der Waals surface area (Å²) in [6, 6.07) is 13.7. The van der Waals surface area contributed by atoms with Gasteiger partial charge in [-0.3, -0.25) is 4.79 Å². The van der Waals surface area contributed by atoms with Gasteiger partial charge in [0.15, 0.2) is 22.5 Å². The summed E-state index contributed by atoms with van der Waals surface area (Å²) in [6.07, 6.45) is 3.40. The number of amides is 1. The van der Waals surface area contributed by atoms with Crippen LogP contribution in [0.15, 0.2) is 65.6 Å². The lowest BCUT2D eigenvalue weighted by Crippen LogP contribution is -2.38. The molecule has 0 fully saturated rings. The summed E-state index contributed by atoms with van der Waals surface area (Å²) in [5, 5.41) is 13.4. The molecular weight excluding hydrogens is 454 g/mol. The Morgan fingerprint density at radius 1 is 0.939 bits per heavy atom. The molecule has 0 saturated heterocycles. The molecule has 1 aromatic carbocycles. The zero-order valence-corrected chi connectivity index (χ0v) is 19.0. The van der Waals surface area contributed by atoms with Gasteiger partial charge in [-0.2, -0.15) is 0 Å². The lowest BCUT2D eigenvalue weighted by molar-refractivity contribution is 0.0708. The summed E-state index contributed by atoms with van der Waals surface area (Å²) in [5.74, 6) is 2.05. The van der Waals surface area contributed by atoms with E-state index in [9.17, 15) is 4.79 Å². The van der Waals surface area contributed by atoms with E-state index >= 15 is 0 Å². The van der Waals surface area contributed by atoms with E-state index in [1.54, 1.807) is 29.8 Å². The van der Waals surface area contributed by atoms with Crippen molar-refractivity contribution in [1.29, 1.82) is 0 Å². The molecule has 5 heterocycles. The van der Waals surface area contributed by atoms with Gasteiger partial charge in [0, 0.05) is 41.3 Å². The van der Waals surface area contributed by atoms with Gasteiger partial charge < -0.3 is 9.47 Å². The Morgan fingerprint density at radius 3 is 2.58 bits per heavy atom. The topological polar surface area (TPSA) is 89.7 Å². The molecular formula is C23H17N7OS2. The average Bonchev–Trinajstić information content (AvgIpc) is 3.64. The molecule has 5 aromatic rings. The Bertz CT molecular complexity index is 1410. The Labute approximate surface area is 197 Å². The quantitative estimate of drug-likeness (QED) is 0.389. The van der Waals surface area contributed by atoms with E-state index in [0.29, 0.717) is 36.8 Å². The van der Waals surface area contributed by atoms with E-state index in [1.165, 1.54) is 16.2 Å². The van der Waals surface area contributed by atoms with Gasteiger partial charge in [0.2, 0.25) is 0 Å². The molecule has 10 heteroatoms. The zero-order chi connectivity index (χ0) is 22.2. The molecule has 0 atom stereocenters. The molecule has 1 aliphatic heterocycles. The Hall–Kier alpha value is -3.76. The van der Waals surface area contributed by atoms with Crippen LogP contribution in [0.25, 0.3) is 32.8 Å². The first-order chi connectivity index (χ1) is 16.3. The van der Waals surface area contributed by atoms with E-state index in [1.807, 2.05) is 45.2 Å². The molecule has 6 rings (SSSR count). The minimum Gasteiger partial charge on any atom is -0.329 e. The number of rotatable bonds is 4. The number of hydrogen-bond donors (Lipinski definition) is 0. The van der Waals surface area contributed by atoms with Crippen LogP contribution < -0.4 is 0 Å². The number of aromatic nitrogens is 6. The number of hydrogen-bond acceptors (Lipinski definition) is 8. The molecule has 1 amide bonds. The summed E-state index contributed by atoms with van der Waals surface area (Å²) in [7, 11) is 0. The fraction of sp³-hybridized carbons (Fsp3) is 0.130. The number of thiazole rings is 1. The van der Waals surface area contributed by atoms with E-state index in [0.717, 1.165) is 22.1 Å². The number of benzene rings is 1. The minimum absolute atomic E-state index is 0.000649. The van der Waals surface area contributed by atoms with Crippen molar-refractivity contribution in [2.24, 2.45) is 0 Å². The van der Waals surface area contributed by atoms with Gasteiger partial charge in [0.25, 0.3) is 5.91 Å². The van der Waals surface area contributed by atoms with Crippen LogP contribution in [0.5, 0.6) is 0 Å². The Balaban J connectivity index is 1.20. The van der Waals surface area contributed by atoms with Crippen molar-refractivity contribution < 1.29 is 4.79 Å². The summed E-state index contributed by atoms with van der Waals surface area (Å²) in [4.78, 5) is 29.3. The van der Waals surface area contributed by atoms with Crippen LogP contribution in [0.1, 0.15) is 16.2 Å². The van der Waals surface area contributed by atoms with Crippen LogP contribution in [0.4, 0.5) is 0 Å². The van der Waals surface area contributed by atoms with E-state index < -0.39 is 0 Å². The minimum atomic E-state index is 0.000649. The third-order valence-electron chi connectivity index (χ3n) is 5.47. The van der Waals surface area contributed by atoms with Crippen molar-refractivity contribution in [3.63, 3.8) is 0 Å². The van der Waals surface area contributed by atoms with E-state index in [-0.39, 0.29) is 5.91 Å². The monoisotopic (exact) mass is 471 g/mol. The van der Waals surface area contributed by atoms with E-state index in [4.69, 9.17) is 0 Å². The van der Waals surface area contributed by atoms with Gasteiger partial charge in [-0.1, -0.05) is 18.2 Å². The molecule has 0 spiro atoms. The first kappa shape index (κ1) is 19.9. The van der Waals surface area contributed by atoms with Crippen LogP contribution in [0.3, 0.4) is 0 Å². The first-order valence-electron chi connectivity index (χ1n) is 10.3. The SMILES string of the molecule is O=C(c1ccc(-c2cccs2)cc1)N1CCn2c(nnc2-c2csc(-c3ncccn3)n2)C1. The highest BCUT2D eigenvalue weighted by molar-refractivity contribution is 7.13. The molecule has 0 bridgehead atoms. The number of carbonyl (C=O) groups excluding carboxylic acids is 1. The standard InChI is InChI=1S/C23H17N7OS2/c31-23(16-6-4-15(5-7-16)18-3-1-12-32-18)29-10-11-30-19(13-29)27-28-21(30)17-14-33-22(26-17)20-24-8-2-9-25-20/h1-9,12,14H,10-11,13H2. The maximum absolute atomic E-state index is 13.1. The van der Waals surface area contributed by atoms with Crippen molar-refractivity contribution in [3.8, 4) is 32.8 Å². The molecule has 0 aliphatic carbocycles. The first-order valence-corrected chi connectivity index (χ1v) is 12.1. The number of fused-ring (bicyclic) bond motifs is 1. The van der Waals surface area contributed by atoms with Crippen LogP contribution in [-0.2, 0) is 13.1 Å². The largest absolute Gasteiger partial charge is 0.329 e. The average molecular weight is 472 g/mol. The molecule has 0 N–H and O–H groups in total. The highest BCUT2D eigenvalue weighted by Gasteiger charge is 2.26. The maximum atomic E-state index is 13.1. The molecule has 1 aliphatic rings. The second-order valence-corrected chi connectivity index (χ2v) is 9.29. The summed E-state index contributed by atoms with van der Waals surface area (Å²) >= 11 is 3.16. The molecule has 0 saturated carbocycles. The lowest BCUT2D eigenvalue weighted by Gasteiger charge is -2.27. The van der Waals surface area contributed by atoms with Crippen molar-refractivity contribution in [2.75, 3.05) is 6.54 Å². The van der Waals surface area contributed by atoms with Crippen LogP contribution in [-0.4, -0.2) is 47.1 Å². The van der Waals surface area contributed by atoms with Gasteiger partial charge in [-0.25, -0.2) is 15.0 Å². The van der Waals surface area contributed by atoms with Crippen molar-refractivity contribution in [1.82, 2.24) is 34.6 Å². The molecule has 0 unspecified atom stereocenters. The highest BCUT2D eigenvalue weighted by atomic mass is 32.1. The van der Waals surface area contributed by atoms with Gasteiger partial charge >= 0.3 is 0 Å². The molecule has 8 nitrogen and oxygen atoms in total. The summed E-state index contributed by atoms with van der Waals surface area (Å²) < 4.78 is 2.04. The number of thiophene rings is 1. The number of nitrogens with zero attached hydrogens (tertiary/aromatic N) is 7. The molecule has 4 aromatic heterocycles. The maximum Gasteiger partial charge on any atom is 0.254 e. The normalized spacial score (nSPS) is 13.2. The number of carbonyl (C=O) groups is 1. The Kier molecular flexibility index (Phi) is 5.00. The van der Waals surface area contributed by atoms with Gasteiger partial charge in [0.1, 0.15) is 5.69 Å². The predicted molar refractivity (Wildman–Crippen MR) is 127 cm³/mol. The highest BCUT2D eigenvalue weighted by Crippen LogP contribution is 2.28. The molecule has 162 valence electrons. The van der Waals surface area contributed by atoms with Crippen LogP contribution >= 0.6 is 22.7 Å². The fourth-order valence-electron chi connectivity index (χ4n) is 3.81. The third-order valence-corrected chi connectivity index (χ3v) is 7.23. The smallest absolute Gasteiger partial charge is 0.254 e. The second kappa shape index (κ2) is 8.30. The van der Waals surface area contributed by atoms with Crippen molar-refractivity contribution in [3.05, 3.63) is 77.0 Å². The summed E-state index contributed by atoms with van der Waals surface area (Å²) in [6.45, 7) is 1.62. The van der Waals surface area contributed by atoms with Gasteiger partial charge in [-0.05, 0) is 35.2 Å². The fourth-order valence-corrected chi connectivity index (χ4v) is 5.29. The van der Waals surface area contributed by atoms with Crippen LogP contribution in [0.2, 0.25) is 0 Å². The lowest BCUT2D eigenvalue weighted by atomic mass is 10.1. The zero-order valence-electron chi connectivity index (χ0n) is 17.3. The predicted octanol–water partition coefficient (Wildman–Crippen LogP) is 4.24. The van der Waals surface area contributed by atoms with Gasteiger partial charge in [0.05, 0.1) is 6.54 Å². The third kappa shape index (κ3) is 3.73. The second-order valence-electron chi connectivity index (χ2n) is 7.48. The summed E-state index contributed by atoms with van der Waals surface area (Å²) in [5.41, 5.74) is 2.54. The molecule has 0 radical (unpaired) electrons. The molecule has 33 heavy (non-hydrogen) atoms. The van der Waals surface area contributed by atoms with Crippen molar-refractivity contribution >= 4 is 28.6 Å². The van der Waals surface area contributed by atoms with Gasteiger partial charge in [-0.15, -0.1) is 32.9 Å². The van der Waals surface area contributed by atoms with Crippen LogP contribution in [0, 0.1) is 0 Å². The van der Waals surface area contributed by atoms with E-state index in [2.05, 4.69) is 36.6 Å². The van der Waals surface area contributed by atoms with Crippen molar-refractivity contribution in [2.45, 2.75) is 13.1 Å². The Morgan fingerprint density at radius 2 is 1.79 bits per heavy atom.